The van der Waals surface area contributed by atoms with Gasteiger partial charge in [-0.05, 0) is 36.8 Å². The van der Waals surface area contributed by atoms with Crippen molar-refractivity contribution in [2.45, 2.75) is 13.5 Å². The van der Waals surface area contributed by atoms with Crippen LogP contribution in [0.5, 0.6) is 0 Å². The first kappa shape index (κ1) is 19.6. The second-order valence-electron chi connectivity index (χ2n) is 7.37. The number of nitrogens with zero attached hydrogens (tertiary/aromatic N) is 5. The summed E-state index contributed by atoms with van der Waals surface area (Å²) in [4.78, 5) is 25.2. The van der Waals surface area contributed by atoms with E-state index in [4.69, 9.17) is 10.1 Å². The van der Waals surface area contributed by atoms with E-state index in [1.54, 1.807) is 24.7 Å². The van der Waals surface area contributed by atoms with Gasteiger partial charge in [-0.3, -0.25) is 14.8 Å². The summed E-state index contributed by atoms with van der Waals surface area (Å²) in [5, 5.41) is 8.13. The molecule has 0 saturated heterocycles. The quantitative estimate of drug-likeness (QED) is 0.402. The maximum absolute atomic E-state index is 11.8. The second-order valence-corrected chi connectivity index (χ2v) is 7.37. The van der Waals surface area contributed by atoms with E-state index in [0.717, 1.165) is 22.3 Å². The number of nitrogens with one attached hydrogen (secondary N) is 1. The number of anilines is 1. The number of carbonyl (C=O) groups excluding carboxylic acids is 1. The molecule has 32 heavy (non-hydrogen) atoms. The molecule has 0 aliphatic rings. The van der Waals surface area contributed by atoms with Gasteiger partial charge in [-0.1, -0.05) is 36.4 Å². The van der Waals surface area contributed by atoms with Crippen LogP contribution in [-0.2, 0) is 6.54 Å². The lowest BCUT2D eigenvalue weighted by Gasteiger charge is -2.12. The summed E-state index contributed by atoms with van der Waals surface area (Å²) < 4.78 is 1.81. The van der Waals surface area contributed by atoms with Crippen molar-refractivity contribution in [3.63, 3.8) is 0 Å². The van der Waals surface area contributed by atoms with E-state index in [9.17, 15) is 4.79 Å². The monoisotopic (exact) mass is 420 g/mol. The van der Waals surface area contributed by atoms with Crippen LogP contribution >= 0.6 is 0 Å². The first-order chi connectivity index (χ1) is 15.7. The molecule has 5 rings (SSSR count). The van der Waals surface area contributed by atoms with E-state index >= 15 is 0 Å². The average Bonchev–Trinajstić information content (AvgIpc) is 3.28. The van der Waals surface area contributed by atoms with Crippen molar-refractivity contribution in [2.24, 2.45) is 0 Å². The molecule has 5 aromatic rings. The normalized spacial score (nSPS) is 10.9. The van der Waals surface area contributed by atoms with Gasteiger partial charge in [0, 0.05) is 41.5 Å². The molecule has 0 atom stereocenters. The summed E-state index contributed by atoms with van der Waals surface area (Å²) in [6.07, 6.45) is 6.89. The van der Waals surface area contributed by atoms with Crippen LogP contribution in [0.3, 0.4) is 0 Å². The van der Waals surface area contributed by atoms with Crippen molar-refractivity contribution in [3.05, 3.63) is 96.7 Å². The SMILES string of the molecule is CC(=O)c1cncc(-c2nc(NCc3ccccn3)c3c(-c4ccccc4)ccn3n2)c1. The number of benzene rings is 1. The van der Waals surface area contributed by atoms with Gasteiger partial charge >= 0.3 is 0 Å². The topological polar surface area (TPSA) is 85.1 Å². The van der Waals surface area contributed by atoms with E-state index in [2.05, 4.69) is 27.4 Å². The fraction of sp³-hybridized carbons (Fsp3) is 0.0800. The molecule has 0 spiro atoms. The standard InChI is InChI=1S/C25H20N6O/c1-17(32)19-13-20(15-26-14-19)24-29-25(28-16-21-9-5-6-11-27-21)23-22(10-12-31(23)30-24)18-7-3-2-4-8-18/h2-15H,16H2,1H3,(H,28,29,30). The zero-order valence-electron chi connectivity index (χ0n) is 17.4. The first-order valence-electron chi connectivity index (χ1n) is 10.2. The number of ketones is 1. The Balaban J connectivity index is 1.64. The van der Waals surface area contributed by atoms with Crippen LogP contribution in [0, 0.1) is 0 Å². The van der Waals surface area contributed by atoms with Gasteiger partial charge < -0.3 is 5.32 Å². The molecule has 1 N–H and O–H groups in total. The highest BCUT2D eigenvalue weighted by Crippen LogP contribution is 2.31. The van der Waals surface area contributed by atoms with Gasteiger partial charge in [-0.15, -0.1) is 5.10 Å². The number of pyridine rings is 2. The first-order valence-corrected chi connectivity index (χ1v) is 10.2. The number of rotatable bonds is 6. The van der Waals surface area contributed by atoms with Gasteiger partial charge in [0.15, 0.2) is 17.4 Å². The number of fused-ring (bicyclic) bond motifs is 1. The Morgan fingerprint density at radius 3 is 2.62 bits per heavy atom. The predicted molar refractivity (Wildman–Crippen MR) is 123 cm³/mol. The lowest BCUT2D eigenvalue weighted by Crippen LogP contribution is -2.08. The van der Waals surface area contributed by atoms with Crippen LogP contribution in [0.1, 0.15) is 23.0 Å². The van der Waals surface area contributed by atoms with E-state index in [1.165, 1.54) is 6.92 Å². The number of aromatic nitrogens is 5. The summed E-state index contributed by atoms with van der Waals surface area (Å²) in [5.74, 6) is 1.10. The third kappa shape index (κ3) is 3.83. The lowest BCUT2D eigenvalue weighted by molar-refractivity contribution is 0.101. The lowest BCUT2D eigenvalue weighted by atomic mass is 10.1. The average molecular weight is 420 g/mol. The Morgan fingerprint density at radius 1 is 1.00 bits per heavy atom. The maximum Gasteiger partial charge on any atom is 0.183 e. The molecule has 0 bridgehead atoms. The molecule has 7 heteroatoms. The Kier molecular flexibility index (Phi) is 5.13. The largest absolute Gasteiger partial charge is 0.363 e. The predicted octanol–water partition coefficient (Wildman–Crippen LogP) is 4.67. The third-order valence-electron chi connectivity index (χ3n) is 5.16. The van der Waals surface area contributed by atoms with Crippen molar-refractivity contribution in [1.29, 1.82) is 0 Å². The molecule has 0 amide bonds. The van der Waals surface area contributed by atoms with Crippen molar-refractivity contribution in [2.75, 3.05) is 5.32 Å². The highest BCUT2D eigenvalue weighted by molar-refractivity contribution is 5.95. The van der Waals surface area contributed by atoms with Gasteiger partial charge in [0.25, 0.3) is 0 Å². The fourth-order valence-corrected chi connectivity index (χ4v) is 3.55. The Labute approximate surface area is 184 Å². The van der Waals surface area contributed by atoms with Gasteiger partial charge in [0.2, 0.25) is 0 Å². The minimum absolute atomic E-state index is 0.0544. The van der Waals surface area contributed by atoms with E-state index < -0.39 is 0 Å². The van der Waals surface area contributed by atoms with E-state index in [0.29, 0.717) is 29.3 Å². The summed E-state index contributed by atoms with van der Waals surface area (Å²) in [7, 11) is 0. The number of Topliss-reactive ketones (excluding diaryl/α,β-unsaturated/α-hetero) is 1. The van der Waals surface area contributed by atoms with Gasteiger partial charge in [-0.2, -0.15) is 0 Å². The molecule has 0 radical (unpaired) electrons. The van der Waals surface area contributed by atoms with Crippen molar-refractivity contribution < 1.29 is 4.79 Å². The van der Waals surface area contributed by atoms with Crippen molar-refractivity contribution in [1.82, 2.24) is 24.6 Å². The van der Waals surface area contributed by atoms with Crippen molar-refractivity contribution in [3.8, 4) is 22.5 Å². The minimum Gasteiger partial charge on any atom is -0.363 e. The van der Waals surface area contributed by atoms with Gasteiger partial charge in [0.1, 0.15) is 5.52 Å². The number of hydrogen-bond donors (Lipinski definition) is 1. The number of hydrogen-bond acceptors (Lipinski definition) is 6. The highest BCUT2D eigenvalue weighted by atomic mass is 16.1. The zero-order chi connectivity index (χ0) is 21.9. The molecule has 0 aliphatic heterocycles. The summed E-state index contributed by atoms with van der Waals surface area (Å²) >= 11 is 0. The highest BCUT2D eigenvalue weighted by Gasteiger charge is 2.16. The van der Waals surface area contributed by atoms with Crippen LogP contribution in [0.15, 0.2) is 85.5 Å². The Hall–Kier alpha value is -4.39. The Morgan fingerprint density at radius 2 is 1.84 bits per heavy atom. The summed E-state index contributed by atoms with van der Waals surface area (Å²) in [6, 6.07) is 19.7. The van der Waals surface area contributed by atoms with E-state index in [1.807, 2.05) is 53.2 Å². The second kappa shape index (κ2) is 8.39. The van der Waals surface area contributed by atoms with Crippen molar-refractivity contribution >= 4 is 17.1 Å². The molecule has 0 unspecified atom stereocenters. The van der Waals surface area contributed by atoms with Gasteiger partial charge in [0.05, 0.1) is 12.2 Å². The zero-order valence-corrected chi connectivity index (χ0v) is 17.4. The molecular weight excluding hydrogens is 400 g/mol. The van der Waals surface area contributed by atoms with Crippen LogP contribution in [0.2, 0.25) is 0 Å². The maximum atomic E-state index is 11.8. The van der Waals surface area contributed by atoms with Crippen LogP contribution in [0.4, 0.5) is 5.82 Å². The molecule has 0 saturated carbocycles. The molecule has 0 fully saturated rings. The van der Waals surface area contributed by atoms with Crippen LogP contribution in [0.25, 0.3) is 28.0 Å². The fourth-order valence-electron chi connectivity index (χ4n) is 3.55. The summed E-state index contributed by atoms with van der Waals surface area (Å²) in [5.41, 5.74) is 5.07. The van der Waals surface area contributed by atoms with Crippen LogP contribution < -0.4 is 5.32 Å². The molecule has 4 heterocycles. The smallest absolute Gasteiger partial charge is 0.183 e. The number of carbonyl (C=O) groups is 1. The molecule has 4 aromatic heterocycles. The molecule has 7 nitrogen and oxygen atoms in total. The Bertz CT molecular complexity index is 1400. The van der Waals surface area contributed by atoms with Crippen LogP contribution in [-0.4, -0.2) is 30.3 Å². The molecule has 1 aromatic carbocycles. The minimum atomic E-state index is -0.0544. The molecular formula is C25H20N6O. The third-order valence-corrected chi connectivity index (χ3v) is 5.16. The van der Waals surface area contributed by atoms with Gasteiger partial charge in [-0.25, -0.2) is 9.50 Å². The molecule has 156 valence electrons. The molecule has 0 aliphatic carbocycles. The van der Waals surface area contributed by atoms with E-state index in [-0.39, 0.29) is 5.78 Å². The summed E-state index contributed by atoms with van der Waals surface area (Å²) in [6.45, 7) is 2.03.